The second-order valence-electron chi connectivity index (χ2n) is 5.76. The van der Waals surface area contributed by atoms with Gasteiger partial charge in [0.1, 0.15) is 11.7 Å². The molecular formula is C12H20N2O4. The van der Waals surface area contributed by atoms with E-state index in [4.69, 9.17) is 9.47 Å². The lowest BCUT2D eigenvalue weighted by molar-refractivity contribution is 0.0244. The van der Waals surface area contributed by atoms with Gasteiger partial charge < -0.3 is 19.7 Å². The number of carbonyl (C=O) groups is 2. The number of nitrogens with zero attached hydrogens (tertiary/aromatic N) is 1. The molecule has 0 radical (unpaired) electrons. The zero-order chi connectivity index (χ0) is 13.3. The SMILES string of the molecule is CC(C)(C)OC(=O)N1CCC[C@@H]2OC(=O)N[C@@H]2C1. The van der Waals surface area contributed by atoms with Crippen molar-refractivity contribution in [2.24, 2.45) is 0 Å². The molecule has 6 nitrogen and oxygen atoms in total. The molecule has 1 N–H and O–H groups in total. The van der Waals surface area contributed by atoms with E-state index in [2.05, 4.69) is 5.32 Å². The predicted octanol–water partition coefficient (Wildman–Crippen LogP) is 1.49. The molecule has 2 aliphatic rings. The van der Waals surface area contributed by atoms with E-state index < -0.39 is 11.7 Å². The fraction of sp³-hybridized carbons (Fsp3) is 0.833. The quantitative estimate of drug-likeness (QED) is 0.713. The van der Waals surface area contributed by atoms with Crippen LogP contribution in [0.1, 0.15) is 33.6 Å². The molecule has 0 unspecified atom stereocenters. The van der Waals surface area contributed by atoms with Crippen molar-refractivity contribution in [2.75, 3.05) is 13.1 Å². The summed E-state index contributed by atoms with van der Waals surface area (Å²) in [4.78, 5) is 24.8. The van der Waals surface area contributed by atoms with Crippen LogP contribution in [0.15, 0.2) is 0 Å². The van der Waals surface area contributed by atoms with E-state index in [0.717, 1.165) is 12.8 Å². The van der Waals surface area contributed by atoms with Gasteiger partial charge in [-0.3, -0.25) is 0 Å². The summed E-state index contributed by atoms with van der Waals surface area (Å²) >= 11 is 0. The molecule has 18 heavy (non-hydrogen) atoms. The van der Waals surface area contributed by atoms with Crippen molar-refractivity contribution < 1.29 is 19.1 Å². The molecule has 2 heterocycles. The van der Waals surface area contributed by atoms with Crippen LogP contribution in [-0.2, 0) is 9.47 Å². The van der Waals surface area contributed by atoms with Crippen molar-refractivity contribution in [1.29, 1.82) is 0 Å². The van der Waals surface area contributed by atoms with E-state index >= 15 is 0 Å². The molecule has 2 amide bonds. The average Bonchev–Trinajstić information content (AvgIpc) is 2.43. The Morgan fingerprint density at radius 1 is 1.50 bits per heavy atom. The highest BCUT2D eigenvalue weighted by atomic mass is 16.6. The van der Waals surface area contributed by atoms with E-state index in [0.29, 0.717) is 13.1 Å². The first-order valence-electron chi connectivity index (χ1n) is 6.30. The molecule has 2 rings (SSSR count). The van der Waals surface area contributed by atoms with Crippen LogP contribution >= 0.6 is 0 Å². The Hall–Kier alpha value is -1.46. The lowest BCUT2D eigenvalue weighted by atomic mass is 10.1. The van der Waals surface area contributed by atoms with Crippen LogP contribution in [0.2, 0.25) is 0 Å². The maximum Gasteiger partial charge on any atom is 0.410 e. The third-order valence-corrected chi connectivity index (χ3v) is 3.00. The van der Waals surface area contributed by atoms with Crippen molar-refractivity contribution in [3.63, 3.8) is 0 Å². The van der Waals surface area contributed by atoms with Gasteiger partial charge in [0, 0.05) is 13.1 Å². The maximum absolute atomic E-state index is 12.0. The fourth-order valence-corrected chi connectivity index (χ4v) is 2.23. The second kappa shape index (κ2) is 4.66. The Morgan fingerprint density at radius 3 is 2.89 bits per heavy atom. The number of ether oxygens (including phenoxy) is 2. The van der Waals surface area contributed by atoms with Crippen LogP contribution in [-0.4, -0.2) is 47.9 Å². The smallest absolute Gasteiger partial charge is 0.410 e. The standard InChI is InChI=1S/C12H20N2O4/c1-12(2,3)18-11(16)14-6-4-5-9-8(7-14)13-10(15)17-9/h8-9H,4-7H2,1-3H3,(H,13,15)/t8-,9+/m1/s1. The van der Waals surface area contributed by atoms with Gasteiger partial charge in [0.05, 0.1) is 6.04 Å². The molecule has 0 aromatic heterocycles. The molecular weight excluding hydrogens is 236 g/mol. The van der Waals surface area contributed by atoms with Crippen molar-refractivity contribution in [3.8, 4) is 0 Å². The second-order valence-corrected chi connectivity index (χ2v) is 5.76. The number of nitrogens with one attached hydrogen (secondary N) is 1. The van der Waals surface area contributed by atoms with E-state index in [1.165, 1.54) is 0 Å². The third kappa shape index (κ3) is 3.05. The lowest BCUT2D eigenvalue weighted by Gasteiger charge is -2.27. The number of alkyl carbamates (subject to hydrolysis) is 1. The molecule has 0 bridgehead atoms. The molecule has 2 fully saturated rings. The molecule has 0 aromatic carbocycles. The molecule has 2 aliphatic heterocycles. The number of likely N-dealkylation sites (tertiary alicyclic amines) is 1. The van der Waals surface area contributed by atoms with Crippen molar-refractivity contribution in [1.82, 2.24) is 10.2 Å². The van der Waals surface area contributed by atoms with Gasteiger partial charge in [-0.15, -0.1) is 0 Å². The largest absolute Gasteiger partial charge is 0.444 e. The fourth-order valence-electron chi connectivity index (χ4n) is 2.23. The van der Waals surface area contributed by atoms with Crippen LogP contribution in [0.25, 0.3) is 0 Å². The first-order chi connectivity index (χ1) is 8.35. The normalized spacial score (nSPS) is 27.9. The lowest BCUT2D eigenvalue weighted by Crippen LogP contribution is -2.45. The number of fused-ring (bicyclic) bond motifs is 1. The minimum atomic E-state index is -0.502. The van der Waals surface area contributed by atoms with Crippen LogP contribution in [0, 0.1) is 0 Å². The van der Waals surface area contributed by atoms with Crippen molar-refractivity contribution >= 4 is 12.2 Å². The Morgan fingerprint density at radius 2 is 2.22 bits per heavy atom. The molecule has 0 saturated carbocycles. The van der Waals surface area contributed by atoms with Gasteiger partial charge in [0.25, 0.3) is 0 Å². The highest BCUT2D eigenvalue weighted by Gasteiger charge is 2.38. The number of hydrogen-bond acceptors (Lipinski definition) is 4. The molecule has 0 aliphatic carbocycles. The van der Waals surface area contributed by atoms with Crippen molar-refractivity contribution in [3.05, 3.63) is 0 Å². The minimum Gasteiger partial charge on any atom is -0.444 e. The van der Waals surface area contributed by atoms with Crippen LogP contribution in [0.4, 0.5) is 9.59 Å². The van der Waals surface area contributed by atoms with Gasteiger partial charge >= 0.3 is 12.2 Å². The predicted molar refractivity (Wildman–Crippen MR) is 64.2 cm³/mol. The number of rotatable bonds is 0. The first-order valence-corrected chi connectivity index (χ1v) is 6.30. The molecule has 0 spiro atoms. The molecule has 0 aromatic rings. The number of carbonyl (C=O) groups excluding carboxylic acids is 2. The monoisotopic (exact) mass is 256 g/mol. The Balaban J connectivity index is 1.98. The summed E-state index contributed by atoms with van der Waals surface area (Å²) in [5.74, 6) is 0. The van der Waals surface area contributed by atoms with Crippen LogP contribution in [0.3, 0.4) is 0 Å². The Kier molecular flexibility index (Phi) is 3.36. The summed E-state index contributed by atoms with van der Waals surface area (Å²) in [6, 6.07) is -0.118. The first kappa shape index (κ1) is 13.0. The van der Waals surface area contributed by atoms with Gasteiger partial charge in [-0.1, -0.05) is 0 Å². The average molecular weight is 256 g/mol. The zero-order valence-corrected chi connectivity index (χ0v) is 11.1. The third-order valence-electron chi connectivity index (χ3n) is 3.00. The summed E-state index contributed by atoms with van der Waals surface area (Å²) in [5.41, 5.74) is -0.502. The van der Waals surface area contributed by atoms with Crippen LogP contribution in [0.5, 0.6) is 0 Å². The van der Waals surface area contributed by atoms with E-state index in [1.807, 2.05) is 20.8 Å². The zero-order valence-electron chi connectivity index (χ0n) is 11.1. The van der Waals surface area contributed by atoms with E-state index in [9.17, 15) is 9.59 Å². The highest BCUT2D eigenvalue weighted by molar-refractivity contribution is 5.71. The molecule has 102 valence electrons. The van der Waals surface area contributed by atoms with Gasteiger partial charge in [-0.2, -0.15) is 0 Å². The van der Waals surface area contributed by atoms with E-state index in [1.54, 1.807) is 4.90 Å². The molecule has 6 heteroatoms. The van der Waals surface area contributed by atoms with Gasteiger partial charge in [-0.05, 0) is 33.6 Å². The number of hydrogen-bond donors (Lipinski definition) is 1. The summed E-state index contributed by atoms with van der Waals surface area (Å²) in [5, 5.41) is 2.73. The maximum atomic E-state index is 12.0. The van der Waals surface area contributed by atoms with Crippen molar-refractivity contribution in [2.45, 2.75) is 51.4 Å². The minimum absolute atomic E-state index is 0.118. The summed E-state index contributed by atoms with van der Waals surface area (Å²) in [7, 11) is 0. The summed E-state index contributed by atoms with van der Waals surface area (Å²) in [6.07, 6.45) is 0.753. The van der Waals surface area contributed by atoms with Gasteiger partial charge in [0.2, 0.25) is 0 Å². The summed E-state index contributed by atoms with van der Waals surface area (Å²) < 4.78 is 10.5. The number of amides is 2. The van der Waals surface area contributed by atoms with Gasteiger partial charge in [-0.25, -0.2) is 9.59 Å². The molecule has 2 atom stereocenters. The Labute approximate surface area is 107 Å². The highest BCUT2D eigenvalue weighted by Crippen LogP contribution is 2.21. The summed E-state index contributed by atoms with van der Waals surface area (Å²) in [6.45, 7) is 6.61. The van der Waals surface area contributed by atoms with Gasteiger partial charge in [0.15, 0.2) is 0 Å². The van der Waals surface area contributed by atoms with Crippen LogP contribution < -0.4 is 5.32 Å². The van der Waals surface area contributed by atoms with E-state index in [-0.39, 0.29) is 18.2 Å². The topological polar surface area (TPSA) is 67.9 Å². The Bertz CT molecular complexity index is 350. The molecule has 2 saturated heterocycles.